The Hall–Kier alpha value is -1.92. The third kappa shape index (κ3) is 3.64. The molecule has 118 valence electrons. The van der Waals surface area contributed by atoms with Crippen LogP contribution in [0.15, 0.2) is 30.6 Å². The predicted octanol–water partition coefficient (Wildman–Crippen LogP) is 1.84. The van der Waals surface area contributed by atoms with Crippen molar-refractivity contribution in [3.8, 4) is 11.4 Å². The average Bonchev–Trinajstić information content (AvgIpc) is 2.94. The van der Waals surface area contributed by atoms with E-state index in [1.807, 2.05) is 35.9 Å². The van der Waals surface area contributed by atoms with Crippen molar-refractivity contribution in [1.82, 2.24) is 20.1 Å². The molecule has 1 aromatic heterocycles. The molecule has 2 heterocycles. The van der Waals surface area contributed by atoms with Gasteiger partial charge in [0.15, 0.2) is 5.82 Å². The lowest BCUT2D eigenvalue weighted by atomic mass is 9.99. The highest BCUT2D eigenvalue weighted by Crippen LogP contribution is 2.21. The molecule has 1 fully saturated rings. The highest BCUT2D eigenvalue weighted by Gasteiger charge is 2.20. The maximum Gasteiger partial charge on any atom is 0.228 e. The van der Waals surface area contributed by atoms with E-state index in [1.54, 1.807) is 6.33 Å². The standard InChI is InChI=1S/C15H19N5O.ClH/c1-20-10-17-19-14(20)11-4-2-6-13(8-11)18-15(21)12-5-3-7-16-9-12;/h2,4,6,8,10,12,16H,3,5,7,9H2,1H3,(H,18,21);1H/t12-;/m1./s1. The van der Waals surface area contributed by atoms with Gasteiger partial charge in [-0.15, -0.1) is 22.6 Å². The second-order valence-corrected chi connectivity index (χ2v) is 5.38. The molecule has 1 aliphatic rings. The first-order valence-corrected chi connectivity index (χ1v) is 7.20. The minimum Gasteiger partial charge on any atom is -0.326 e. The molecular weight excluding hydrogens is 302 g/mol. The van der Waals surface area contributed by atoms with Crippen molar-refractivity contribution < 1.29 is 4.79 Å². The molecule has 1 aromatic carbocycles. The van der Waals surface area contributed by atoms with Crippen molar-refractivity contribution in [2.75, 3.05) is 18.4 Å². The number of benzene rings is 1. The fourth-order valence-corrected chi connectivity index (χ4v) is 2.60. The van der Waals surface area contributed by atoms with Crippen molar-refractivity contribution in [2.24, 2.45) is 13.0 Å². The van der Waals surface area contributed by atoms with E-state index in [0.29, 0.717) is 0 Å². The SMILES string of the molecule is Cl.Cn1cnnc1-c1cccc(NC(=O)[C@@H]2CCCNC2)c1. The number of rotatable bonds is 3. The summed E-state index contributed by atoms with van der Waals surface area (Å²) in [7, 11) is 1.90. The van der Waals surface area contributed by atoms with Gasteiger partial charge in [-0.2, -0.15) is 0 Å². The molecule has 0 spiro atoms. The third-order valence-corrected chi connectivity index (χ3v) is 3.77. The van der Waals surface area contributed by atoms with Crippen LogP contribution in [-0.4, -0.2) is 33.8 Å². The third-order valence-electron chi connectivity index (χ3n) is 3.77. The van der Waals surface area contributed by atoms with Crippen LogP contribution in [0, 0.1) is 5.92 Å². The van der Waals surface area contributed by atoms with E-state index in [-0.39, 0.29) is 24.2 Å². The summed E-state index contributed by atoms with van der Waals surface area (Å²) in [4.78, 5) is 12.2. The fourth-order valence-electron chi connectivity index (χ4n) is 2.60. The highest BCUT2D eigenvalue weighted by molar-refractivity contribution is 5.93. The summed E-state index contributed by atoms with van der Waals surface area (Å²) in [5, 5.41) is 14.2. The van der Waals surface area contributed by atoms with Gasteiger partial charge in [0.25, 0.3) is 0 Å². The molecule has 2 aromatic rings. The lowest BCUT2D eigenvalue weighted by molar-refractivity contribution is -0.120. The Morgan fingerprint density at radius 3 is 3.00 bits per heavy atom. The van der Waals surface area contributed by atoms with E-state index in [9.17, 15) is 4.79 Å². The Labute approximate surface area is 135 Å². The first kappa shape index (κ1) is 16.5. The topological polar surface area (TPSA) is 71.8 Å². The van der Waals surface area contributed by atoms with Crippen LogP contribution in [0.5, 0.6) is 0 Å². The number of halogens is 1. The lowest BCUT2D eigenvalue weighted by Gasteiger charge is -2.22. The Morgan fingerprint density at radius 1 is 1.45 bits per heavy atom. The summed E-state index contributed by atoms with van der Waals surface area (Å²) in [5.74, 6) is 0.917. The molecule has 0 saturated carbocycles. The van der Waals surface area contributed by atoms with Crippen LogP contribution in [0.4, 0.5) is 5.69 Å². The van der Waals surface area contributed by atoms with Crippen molar-refractivity contribution >= 4 is 24.0 Å². The zero-order chi connectivity index (χ0) is 14.7. The Bertz CT molecular complexity index is 636. The monoisotopic (exact) mass is 321 g/mol. The smallest absolute Gasteiger partial charge is 0.228 e. The molecule has 0 aliphatic carbocycles. The molecule has 22 heavy (non-hydrogen) atoms. The molecule has 0 bridgehead atoms. The summed E-state index contributed by atoms with van der Waals surface area (Å²) in [5.41, 5.74) is 1.74. The van der Waals surface area contributed by atoms with Gasteiger partial charge in [-0.3, -0.25) is 4.79 Å². The number of nitrogens with zero attached hydrogens (tertiary/aromatic N) is 3. The molecule has 0 unspecified atom stereocenters. The quantitative estimate of drug-likeness (QED) is 0.905. The molecule has 1 aliphatic heterocycles. The van der Waals surface area contributed by atoms with Gasteiger partial charge in [0.2, 0.25) is 5.91 Å². The zero-order valence-electron chi connectivity index (χ0n) is 12.5. The highest BCUT2D eigenvalue weighted by atomic mass is 35.5. The van der Waals surface area contributed by atoms with E-state index >= 15 is 0 Å². The number of amides is 1. The minimum atomic E-state index is 0. The van der Waals surface area contributed by atoms with Gasteiger partial charge in [-0.05, 0) is 31.5 Å². The Morgan fingerprint density at radius 2 is 2.32 bits per heavy atom. The van der Waals surface area contributed by atoms with Crippen molar-refractivity contribution in [1.29, 1.82) is 0 Å². The van der Waals surface area contributed by atoms with Crippen LogP contribution in [-0.2, 0) is 11.8 Å². The van der Waals surface area contributed by atoms with Crippen LogP contribution >= 0.6 is 12.4 Å². The second-order valence-electron chi connectivity index (χ2n) is 5.38. The molecular formula is C15H20ClN5O. The first-order chi connectivity index (χ1) is 10.2. The number of carbonyl (C=O) groups is 1. The Balaban J connectivity index is 0.00000176. The van der Waals surface area contributed by atoms with Gasteiger partial charge < -0.3 is 15.2 Å². The largest absolute Gasteiger partial charge is 0.326 e. The van der Waals surface area contributed by atoms with Gasteiger partial charge >= 0.3 is 0 Å². The summed E-state index contributed by atoms with van der Waals surface area (Å²) in [6.07, 6.45) is 3.66. The molecule has 6 nitrogen and oxygen atoms in total. The number of hydrogen-bond acceptors (Lipinski definition) is 4. The number of piperidine rings is 1. The number of aryl methyl sites for hydroxylation is 1. The van der Waals surface area contributed by atoms with Gasteiger partial charge in [0.05, 0.1) is 5.92 Å². The van der Waals surface area contributed by atoms with Crippen molar-refractivity contribution in [2.45, 2.75) is 12.8 Å². The van der Waals surface area contributed by atoms with Gasteiger partial charge in [-0.1, -0.05) is 12.1 Å². The first-order valence-electron chi connectivity index (χ1n) is 7.20. The fraction of sp³-hybridized carbons (Fsp3) is 0.400. The molecule has 1 amide bonds. The summed E-state index contributed by atoms with van der Waals surface area (Å²) < 4.78 is 1.85. The van der Waals surface area contributed by atoms with Crippen LogP contribution in [0.3, 0.4) is 0 Å². The molecule has 0 radical (unpaired) electrons. The maximum absolute atomic E-state index is 12.2. The van der Waals surface area contributed by atoms with E-state index in [4.69, 9.17) is 0 Å². The summed E-state index contributed by atoms with van der Waals surface area (Å²) >= 11 is 0. The molecule has 3 rings (SSSR count). The lowest BCUT2D eigenvalue weighted by Crippen LogP contribution is -2.37. The van der Waals surface area contributed by atoms with Crippen LogP contribution < -0.4 is 10.6 Å². The minimum absolute atomic E-state index is 0. The molecule has 2 N–H and O–H groups in total. The zero-order valence-corrected chi connectivity index (χ0v) is 13.3. The van der Waals surface area contributed by atoms with Crippen LogP contribution in [0.1, 0.15) is 12.8 Å². The Kier molecular flexibility index (Phi) is 5.51. The number of nitrogens with one attached hydrogen (secondary N) is 2. The predicted molar refractivity (Wildman–Crippen MR) is 87.9 cm³/mol. The van der Waals surface area contributed by atoms with E-state index in [1.165, 1.54) is 0 Å². The molecule has 1 atom stereocenters. The summed E-state index contributed by atoms with van der Waals surface area (Å²) in [6, 6.07) is 7.70. The van der Waals surface area contributed by atoms with E-state index in [0.717, 1.165) is 43.0 Å². The van der Waals surface area contributed by atoms with Gasteiger partial charge in [0.1, 0.15) is 6.33 Å². The maximum atomic E-state index is 12.2. The van der Waals surface area contributed by atoms with Gasteiger partial charge in [-0.25, -0.2) is 0 Å². The normalized spacial score (nSPS) is 17.6. The average molecular weight is 322 g/mol. The number of aromatic nitrogens is 3. The van der Waals surface area contributed by atoms with E-state index < -0.39 is 0 Å². The van der Waals surface area contributed by atoms with Crippen molar-refractivity contribution in [3.63, 3.8) is 0 Å². The number of anilines is 1. The summed E-state index contributed by atoms with van der Waals surface area (Å²) in [6.45, 7) is 1.76. The van der Waals surface area contributed by atoms with E-state index in [2.05, 4.69) is 20.8 Å². The molecule has 1 saturated heterocycles. The van der Waals surface area contributed by atoms with Crippen LogP contribution in [0.2, 0.25) is 0 Å². The van der Waals surface area contributed by atoms with Crippen LogP contribution in [0.25, 0.3) is 11.4 Å². The second kappa shape index (κ2) is 7.38. The van der Waals surface area contributed by atoms with Crippen molar-refractivity contribution in [3.05, 3.63) is 30.6 Å². The van der Waals surface area contributed by atoms with Gasteiger partial charge in [0, 0.05) is 24.8 Å². The molecule has 7 heteroatoms. The number of hydrogen-bond donors (Lipinski definition) is 2. The number of carbonyl (C=O) groups excluding carboxylic acids is 1.